The Hall–Kier alpha value is -2.61. The lowest BCUT2D eigenvalue weighted by Gasteiger charge is -2.06. The van der Waals surface area contributed by atoms with Crippen molar-refractivity contribution in [2.75, 3.05) is 6.54 Å². The summed E-state index contributed by atoms with van der Waals surface area (Å²) in [5, 5.41) is 2.76. The van der Waals surface area contributed by atoms with Crippen molar-refractivity contribution in [2.24, 2.45) is 0 Å². The van der Waals surface area contributed by atoms with Crippen molar-refractivity contribution < 1.29 is 4.79 Å². The minimum atomic E-state index is -0.332. The number of amides is 1. The number of nitrogens with one attached hydrogen (secondary N) is 1. The summed E-state index contributed by atoms with van der Waals surface area (Å²) in [6.07, 6.45) is 3.07. The second-order valence-electron chi connectivity index (χ2n) is 4.32. The van der Waals surface area contributed by atoms with Gasteiger partial charge in [0.05, 0.1) is 11.7 Å². The molecule has 8 heteroatoms. The van der Waals surface area contributed by atoms with Crippen LogP contribution in [0.15, 0.2) is 41.5 Å². The van der Waals surface area contributed by atoms with Crippen molar-refractivity contribution >= 4 is 28.7 Å². The van der Waals surface area contributed by atoms with Gasteiger partial charge in [-0.25, -0.2) is 9.78 Å². The largest absolute Gasteiger partial charge is 0.350 e. The maximum Gasteiger partial charge on any atom is 0.347 e. The van der Waals surface area contributed by atoms with Gasteiger partial charge in [-0.05, 0) is 24.3 Å². The number of aromatic nitrogens is 4. The lowest BCUT2D eigenvalue weighted by molar-refractivity contribution is 0.0952. The highest BCUT2D eigenvalue weighted by atomic mass is 32.1. The molecule has 1 N–H and O–H groups in total. The van der Waals surface area contributed by atoms with E-state index in [1.54, 1.807) is 30.5 Å². The summed E-state index contributed by atoms with van der Waals surface area (Å²) in [5.41, 5.74) is 1.67. The van der Waals surface area contributed by atoms with Crippen LogP contribution < -0.4 is 11.0 Å². The van der Waals surface area contributed by atoms with Gasteiger partial charge in [-0.3, -0.25) is 9.36 Å². The fourth-order valence-electron chi connectivity index (χ4n) is 1.87. The highest BCUT2D eigenvalue weighted by molar-refractivity contribution is 7.00. The van der Waals surface area contributed by atoms with Crippen LogP contribution in [0.1, 0.15) is 10.4 Å². The van der Waals surface area contributed by atoms with Gasteiger partial charge in [0.2, 0.25) is 0 Å². The lowest BCUT2D eigenvalue weighted by atomic mass is 10.2. The zero-order valence-corrected chi connectivity index (χ0v) is 11.7. The summed E-state index contributed by atoms with van der Waals surface area (Å²) >= 11 is 1.11. The Morgan fingerprint density at radius 1 is 1.29 bits per heavy atom. The van der Waals surface area contributed by atoms with Gasteiger partial charge in [-0.2, -0.15) is 8.75 Å². The van der Waals surface area contributed by atoms with Crippen LogP contribution in [0.4, 0.5) is 0 Å². The predicted molar refractivity (Wildman–Crippen MR) is 78.2 cm³/mol. The second-order valence-corrected chi connectivity index (χ2v) is 4.85. The smallest absolute Gasteiger partial charge is 0.347 e. The van der Waals surface area contributed by atoms with Gasteiger partial charge in [0.15, 0.2) is 0 Å². The zero-order chi connectivity index (χ0) is 14.7. The second kappa shape index (κ2) is 5.80. The molecule has 0 aliphatic heterocycles. The monoisotopic (exact) mass is 301 g/mol. The third kappa shape index (κ3) is 2.95. The SMILES string of the molecule is O=C(NCCn1cccnc1=O)c1ccc2nsnc2c1. The van der Waals surface area contributed by atoms with Crippen LogP contribution in [0, 0.1) is 0 Å². The maximum absolute atomic E-state index is 12.0. The number of rotatable bonds is 4. The molecular weight excluding hydrogens is 290 g/mol. The van der Waals surface area contributed by atoms with Crippen molar-refractivity contribution in [1.29, 1.82) is 0 Å². The maximum atomic E-state index is 12.0. The lowest BCUT2D eigenvalue weighted by Crippen LogP contribution is -2.31. The molecule has 0 bridgehead atoms. The molecule has 0 spiro atoms. The zero-order valence-electron chi connectivity index (χ0n) is 10.9. The third-order valence-electron chi connectivity index (χ3n) is 2.94. The van der Waals surface area contributed by atoms with Crippen molar-refractivity contribution in [3.63, 3.8) is 0 Å². The van der Waals surface area contributed by atoms with Crippen molar-refractivity contribution in [3.8, 4) is 0 Å². The normalized spacial score (nSPS) is 10.7. The van der Waals surface area contributed by atoms with E-state index in [0.29, 0.717) is 24.2 Å². The molecule has 3 aromatic rings. The first-order valence-corrected chi connectivity index (χ1v) is 6.99. The van der Waals surface area contributed by atoms with Gasteiger partial charge < -0.3 is 5.32 Å². The Balaban J connectivity index is 1.64. The molecule has 0 aliphatic rings. The van der Waals surface area contributed by atoms with E-state index < -0.39 is 0 Å². The summed E-state index contributed by atoms with van der Waals surface area (Å²) in [7, 11) is 0. The highest BCUT2D eigenvalue weighted by Crippen LogP contribution is 2.13. The van der Waals surface area contributed by atoms with Crippen LogP contribution in [0.3, 0.4) is 0 Å². The van der Waals surface area contributed by atoms with E-state index in [2.05, 4.69) is 19.0 Å². The topological polar surface area (TPSA) is 89.8 Å². The highest BCUT2D eigenvalue weighted by Gasteiger charge is 2.07. The number of nitrogens with zero attached hydrogens (tertiary/aromatic N) is 4. The molecule has 0 saturated heterocycles. The summed E-state index contributed by atoms with van der Waals surface area (Å²) in [4.78, 5) is 27.1. The number of benzene rings is 1. The van der Waals surface area contributed by atoms with E-state index in [9.17, 15) is 9.59 Å². The van der Waals surface area contributed by atoms with E-state index in [1.165, 1.54) is 10.8 Å². The Bertz CT molecular complexity index is 841. The molecular formula is C13H11N5O2S. The molecule has 21 heavy (non-hydrogen) atoms. The van der Waals surface area contributed by atoms with E-state index in [-0.39, 0.29) is 11.6 Å². The molecule has 106 valence electrons. The van der Waals surface area contributed by atoms with Gasteiger partial charge in [-0.15, -0.1) is 0 Å². The molecule has 0 fully saturated rings. The standard InChI is InChI=1S/C13H11N5O2S/c19-12(9-2-3-10-11(8-9)17-21-16-10)14-5-7-18-6-1-4-15-13(18)20/h1-4,6,8H,5,7H2,(H,14,19). The van der Waals surface area contributed by atoms with E-state index in [4.69, 9.17) is 0 Å². The third-order valence-corrected chi connectivity index (χ3v) is 3.49. The molecule has 7 nitrogen and oxygen atoms in total. The molecule has 0 radical (unpaired) electrons. The van der Waals surface area contributed by atoms with Crippen LogP contribution in [0.2, 0.25) is 0 Å². The van der Waals surface area contributed by atoms with Crippen LogP contribution in [-0.4, -0.2) is 30.8 Å². The van der Waals surface area contributed by atoms with Crippen LogP contribution >= 0.6 is 11.7 Å². The summed E-state index contributed by atoms with van der Waals surface area (Å²) in [5.74, 6) is -0.207. The summed E-state index contributed by atoms with van der Waals surface area (Å²) < 4.78 is 9.62. The Labute approximate surface area is 123 Å². The van der Waals surface area contributed by atoms with E-state index >= 15 is 0 Å². The van der Waals surface area contributed by atoms with E-state index in [0.717, 1.165) is 17.2 Å². The van der Waals surface area contributed by atoms with Crippen LogP contribution in [-0.2, 0) is 6.54 Å². The average Bonchev–Trinajstić information content (AvgIpc) is 2.96. The molecule has 1 amide bonds. The van der Waals surface area contributed by atoms with Gasteiger partial charge in [0, 0.05) is 31.0 Å². The quantitative estimate of drug-likeness (QED) is 0.765. The van der Waals surface area contributed by atoms with Crippen LogP contribution in [0.5, 0.6) is 0 Å². The Kier molecular flexibility index (Phi) is 3.69. The minimum absolute atomic E-state index is 0.207. The summed E-state index contributed by atoms with van der Waals surface area (Å²) in [6, 6.07) is 6.84. The molecule has 2 heterocycles. The Morgan fingerprint density at radius 3 is 3.00 bits per heavy atom. The molecule has 0 atom stereocenters. The number of fused-ring (bicyclic) bond motifs is 1. The average molecular weight is 301 g/mol. The predicted octanol–water partition coefficient (Wildman–Crippen LogP) is 0.678. The van der Waals surface area contributed by atoms with Crippen molar-refractivity contribution in [3.05, 3.63) is 52.7 Å². The number of carbonyl (C=O) groups excluding carboxylic acids is 1. The van der Waals surface area contributed by atoms with Crippen LogP contribution in [0.25, 0.3) is 11.0 Å². The van der Waals surface area contributed by atoms with E-state index in [1.807, 2.05) is 0 Å². The minimum Gasteiger partial charge on any atom is -0.350 e. The van der Waals surface area contributed by atoms with Gasteiger partial charge >= 0.3 is 5.69 Å². The molecule has 0 aliphatic carbocycles. The van der Waals surface area contributed by atoms with Crippen molar-refractivity contribution in [2.45, 2.75) is 6.54 Å². The molecule has 2 aromatic heterocycles. The first-order chi connectivity index (χ1) is 10.2. The fraction of sp³-hybridized carbons (Fsp3) is 0.154. The van der Waals surface area contributed by atoms with Gasteiger partial charge in [-0.1, -0.05) is 0 Å². The molecule has 1 aromatic carbocycles. The Morgan fingerprint density at radius 2 is 2.14 bits per heavy atom. The van der Waals surface area contributed by atoms with Gasteiger partial charge in [0.1, 0.15) is 11.0 Å². The molecule has 0 saturated carbocycles. The first-order valence-electron chi connectivity index (χ1n) is 6.26. The van der Waals surface area contributed by atoms with Gasteiger partial charge in [0.25, 0.3) is 5.91 Å². The summed E-state index contributed by atoms with van der Waals surface area (Å²) in [6.45, 7) is 0.719. The molecule has 0 unspecified atom stereocenters. The number of hydrogen-bond acceptors (Lipinski definition) is 6. The van der Waals surface area contributed by atoms with Crippen molar-refractivity contribution in [1.82, 2.24) is 23.6 Å². The number of carbonyl (C=O) groups is 1. The molecule has 3 rings (SSSR count). The number of hydrogen-bond donors (Lipinski definition) is 1. The first kappa shape index (κ1) is 13.4. The fourth-order valence-corrected chi connectivity index (χ4v) is 2.39.